The van der Waals surface area contributed by atoms with Crippen molar-refractivity contribution < 1.29 is 4.79 Å². The van der Waals surface area contributed by atoms with Crippen LogP contribution in [0.2, 0.25) is 0 Å². The smallest absolute Gasteiger partial charge is 0.238 e. The number of nitrogens with zero attached hydrogens (tertiary/aromatic N) is 2. The lowest BCUT2D eigenvalue weighted by molar-refractivity contribution is -0.115. The predicted octanol–water partition coefficient (Wildman–Crippen LogP) is 3.71. The van der Waals surface area contributed by atoms with Gasteiger partial charge in [-0.3, -0.25) is 4.79 Å². The molecule has 19 heavy (non-hydrogen) atoms. The Morgan fingerprint density at radius 3 is 2.84 bits per heavy atom. The number of carbonyl (C=O) groups excluding carboxylic acids is 1. The molecule has 108 valence electrons. The summed E-state index contributed by atoms with van der Waals surface area (Å²) in [5.74, 6) is 1.89. The second kappa shape index (κ2) is 8.25. The van der Waals surface area contributed by atoms with Gasteiger partial charge in [0.1, 0.15) is 5.82 Å². The van der Waals surface area contributed by atoms with Gasteiger partial charge in [-0.15, -0.1) is 11.8 Å². The molecule has 2 atom stereocenters. The van der Waals surface area contributed by atoms with Gasteiger partial charge in [0.2, 0.25) is 5.91 Å². The second-order valence-corrected chi connectivity index (χ2v) is 6.22. The third kappa shape index (κ3) is 4.90. The van der Waals surface area contributed by atoms with E-state index < -0.39 is 0 Å². The first kappa shape index (κ1) is 16.1. The molecule has 0 saturated carbocycles. The topological polar surface area (TPSA) is 46.9 Å². The van der Waals surface area contributed by atoms with Crippen molar-refractivity contribution in [3.8, 4) is 0 Å². The summed E-state index contributed by atoms with van der Waals surface area (Å²) in [5.41, 5.74) is 0. The Labute approximate surface area is 120 Å². The third-order valence-electron chi connectivity index (χ3n) is 3.16. The average Bonchev–Trinajstić information content (AvgIpc) is 2.86. The molecule has 0 radical (unpaired) electrons. The Hall–Kier alpha value is -0.970. The molecule has 1 N–H and O–H groups in total. The molecule has 5 heteroatoms. The maximum atomic E-state index is 12.1. The van der Waals surface area contributed by atoms with E-state index in [-0.39, 0.29) is 11.2 Å². The van der Waals surface area contributed by atoms with E-state index in [1.807, 2.05) is 17.7 Å². The van der Waals surface area contributed by atoms with Crippen LogP contribution in [-0.4, -0.2) is 26.7 Å². The van der Waals surface area contributed by atoms with Crippen LogP contribution in [0.5, 0.6) is 0 Å². The first-order valence-corrected chi connectivity index (χ1v) is 8.11. The summed E-state index contributed by atoms with van der Waals surface area (Å²) in [5, 5.41) is 7.22. The van der Waals surface area contributed by atoms with Crippen LogP contribution in [0.4, 0.5) is 5.82 Å². The van der Waals surface area contributed by atoms with Gasteiger partial charge in [-0.2, -0.15) is 5.10 Å². The van der Waals surface area contributed by atoms with Gasteiger partial charge in [0.05, 0.1) is 17.5 Å². The minimum absolute atomic E-state index is 0.0215. The van der Waals surface area contributed by atoms with E-state index in [9.17, 15) is 4.79 Å². The molecule has 0 aliphatic carbocycles. The summed E-state index contributed by atoms with van der Waals surface area (Å²) in [6.45, 7) is 8.33. The number of thioether (sulfide) groups is 1. The standard InChI is InChI=1S/C14H25N3OS/c1-5-7-10-19-12(4)14(18)16-13-8-9-15-17(13)11(3)6-2/h8-9,11-12H,5-7,10H2,1-4H3,(H,16,18). The van der Waals surface area contributed by atoms with Crippen LogP contribution in [0.15, 0.2) is 12.3 Å². The van der Waals surface area contributed by atoms with Gasteiger partial charge in [0.25, 0.3) is 0 Å². The van der Waals surface area contributed by atoms with Gasteiger partial charge < -0.3 is 5.32 Å². The van der Waals surface area contributed by atoms with E-state index in [4.69, 9.17) is 0 Å². The SMILES string of the molecule is CCCCSC(C)C(=O)Nc1ccnn1C(C)CC. The van der Waals surface area contributed by atoms with Crippen LogP contribution in [0.3, 0.4) is 0 Å². The molecule has 1 amide bonds. The molecular weight excluding hydrogens is 258 g/mol. The van der Waals surface area contributed by atoms with E-state index in [0.717, 1.165) is 24.4 Å². The normalized spacial score (nSPS) is 14.1. The summed E-state index contributed by atoms with van der Waals surface area (Å²) in [4.78, 5) is 12.1. The second-order valence-electron chi connectivity index (χ2n) is 4.77. The Bertz CT molecular complexity index is 392. The lowest BCUT2D eigenvalue weighted by Crippen LogP contribution is -2.25. The molecule has 1 rings (SSSR count). The van der Waals surface area contributed by atoms with Gasteiger partial charge >= 0.3 is 0 Å². The van der Waals surface area contributed by atoms with Gasteiger partial charge in [-0.25, -0.2) is 4.68 Å². The van der Waals surface area contributed by atoms with Crippen molar-refractivity contribution in [2.45, 2.75) is 58.2 Å². The molecule has 4 nitrogen and oxygen atoms in total. The minimum atomic E-state index is -0.0215. The van der Waals surface area contributed by atoms with Crippen molar-refractivity contribution in [2.24, 2.45) is 0 Å². The van der Waals surface area contributed by atoms with Crippen LogP contribution < -0.4 is 5.32 Å². The Balaban J connectivity index is 2.54. The minimum Gasteiger partial charge on any atom is -0.310 e. The van der Waals surface area contributed by atoms with Gasteiger partial charge in [-0.1, -0.05) is 20.3 Å². The van der Waals surface area contributed by atoms with Gasteiger partial charge in [-0.05, 0) is 32.4 Å². The third-order valence-corrected chi connectivity index (χ3v) is 4.40. The monoisotopic (exact) mass is 283 g/mol. The van der Waals surface area contributed by atoms with Crippen LogP contribution >= 0.6 is 11.8 Å². The van der Waals surface area contributed by atoms with Crippen molar-refractivity contribution in [3.63, 3.8) is 0 Å². The summed E-state index contributed by atoms with van der Waals surface area (Å²) in [6.07, 6.45) is 5.05. The summed E-state index contributed by atoms with van der Waals surface area (Å²) >= 11 is 1.71. The largest absolute Gasteiger partial charge is 0.310 e. The number of hydrogen-bond donors (Lipinski definition) is 1. The highest BCUT2D eigenvalue weighted by atomic mass is 32.2. The van der Waals surface area contributed by atoms with E-state index in [2.05, 4.69) is 31.2 Å². The highest BCUT2D eigenvalue weighted by Crippen LogP contribution is 2.19. The quantitative estimate of drug-likeness (QED) is 0.740. The zero-order valence-corrected chi connectivity index (χ0v) is 13.2. The molecule has 0 bridgehead atoms. The molecule has 0 aromatic carbocycles. The number of hydrogen-bond acceptors (Lipinski definition) is 3. The molecule has 1 aromatic heterocycles. The first-order chi connectivity index (χ1) is 9.10. The number of carbonyl (C=O) groups is 1. The maximum Gasteiger partial charge on any atom is 0.238 e. The molecular formula is C14H25N3OS. The molecule has 2 unspecified atom stereocenters. The maximum absolute atomic E-state index is 12.1. The highest BCUT2D eigenvalue weighted by Gasteiger charge is 2.16. The Kier molecular flexibility index (Phi) is 6.99. The van der Waals surface area contributed by atoms with E-state index in [0.29, 0.717) is 6.04 Å². The summed E-state index contributed by atoms with van der Waals surface area (Å²) in [6, 6.07) is 2.15. The van der Waals surface area contributed by atoms with Crippen molar-refractivity contribution in [2.75, 3.05) is 11.1 Å². The predicted molar refractivity (Wildman–Crippen MR) is 82.7 cm³/mol. The van der Waals surface area contributed by atoms with E-state index >= 15 is 0 Å². The zero-order valence-electron chi connectivity index (χ0n) is 12.3. The number of anilines is 1. The molecule has 0 aliphatic heterocycles. The molecule has 1 aromatic rings. The van der Waals surface area contributed by atoms with Crippen LogP contribution in [0, 0.1) is 0 Å². The van der Waals surface area contributed by atoms with Gasteiger partial charge in [0, 0.05) is 6.07 Å². The Morgan fingerprint density at radius 2 is 2.21 bits per heavy atom. The first-order valence-electron chi connectivity index (χ1n) is 7.06. The van der Waals surface area contributed by atoms with Crippen molar-refractivity contribution in [3.05, 3.63) is 12.3 Å². The van der Waals surface area contributed by atoms with Crippen molar-refractivity contribution in [1.29, 1.82) is 0 Å². The average molecular weight is 283 g/mol. The number of aromatic nitrogens is 2. The fraction of sp³-hybridized carbons (Fsp3) is 0.714. The highest BCUT2D eigenvalue weighted by molar-refractivity contribution is 8.00. The van der Waals surface area contributed by atoms with Crippen LogP contribution in [0.25, 0.3) is 0 Å². The number of unbranched alkanes of at least 4 members (excludes halogenated alkanes) is 1. The fourth-order valence-electron chi connectivity index (χ4n) is 1.65. The van der Waals surface area contributed by atoms with E-state index in [1.54, 1.807) is 18.0 Å². The number of amides is 1. The van der Waals surface area contributed by atoms with Crippen molar-refractivity contribution in [1.82, 2.24) is 9.78 Å². The molecule has 0 fully saturated rings. The lowest BCUT2D eigenvalue weighted by atomic mass is 10.3. The lowest BCUT2D eigenvalue weighted by Gasteiger charge is -2.16. The van der Waals surface area contributed by atoms with Crippen molar-refractivity contribution >= 4 is 23.5 Å². The van der Waals surface area contributed by atoms with Crippen LogP contribution in [0.1, 0.15) is 53.0 Å². The fourth-order valence-corrected chi connectivity index (χ4v) is 2.66. The molecule has 0 aliphatic rings. The zero-order chi connectivity index (χ0) is 14.3. The number of nitrogens with one attached hydrogen (secondary N) is 1. The molecule has 0 spiro atoms. The van der Waals surface area contributed by atoms with Crippen LogP contribution in [-0.2, 0) is 4.79 Å². The molecule has 1 heterocycles. The Morgan fingerprint density at radius 1 is 1.47 bits per heavy atom. The summed E-state index contributed by atoms with van der Waals surface area (Å²) < 4.78 is 1.88. The number of rotatable bonds is 8. The molecule has 0 saturated heterocycles. The van der Waals surface area contributed by atoms with E-state index in [1.165, 1.54) is 6.42 Å². The summed E-state index contributed by atoms with van der Waals surface area (Å²) in [7, 11) is 0. The van der Waals surface area contributed by atoms with Gasteiger partial charge in [0.15, 0.2) is 0 Å².